The fraction of sp³-hybridized carbons (Fsp3) is 0.692. The van der Waals surface area contributed by atoms with Crippen LogP contribution in [-0.4, -0.2) is 32.4 Å². The number of rotatable bonds is 6. The van der Waals surface area contributed by atoms with Crippen LogP contribution in [-0.2, 0) is 4.79 Å². The summed E-state index contributed by atoms with van der Waals surface area (Å²) in [6, 6.07) is 2.08. The zero-order valence-electron chi connectivity index (χ0n) is 11.8. The Hall–Kier alpha value is -1.36. The number of aromatic nitrogens is 2. The van der Waals surface area contributed by atoms with Crippen molar-refractivity contribution in [3.63, 3.8) is 0 Å². The van der Waals surface area contributed by atoms with Crippen LogP contribution in [0, 0.1) is 6.92 Å². The van der Waals surface area contributed by atoms with Gasteiger partial charge >= 0.3 is 5.97 Å². The van der Waals surface area contributed by atoms with Crippen LogP contribution in [0.3, 0.4) is 0 Å². The van der Waals surface area contributed by atoms with Crippen LogP contribution in [0.25, 0.3) is 0 Å². The van der Waals surface area contributed by atoms with Crippen molar-refractivity contribution in [2.45, 2.75) is 58.7 Å². The first-order valence-electron chi connectivity index (χ1n) is 6.27. The monoisotopic (exact) mass is 253 g/mol. The van der Waals surface area contributed by atoms with Crippen molar-refractivity contribution >= 4 is 5.97 Å². The number of nitrogens with one attached hydrogen (secondary N) is 1. The Morgan fingerprint density at radius 1 is 1.56 bits per heavy atom. The first kappa shape index (κ1) is 14.7. The van der Waals surface area contributed by atoms with E-state index >= 15 is 0 Å². The molecule has 0 aliphatic heterocycles. The number of hydrogen-bond acceptors (Lipinski definition) is 3. The van der Waals surface area contributed by atoms with E-state index < -0.39 is 11.5 Å². The van der Waals surface area contributed by atoms with E-state index in [9.17, 15) is 9.90 Å². The van der Waals surface area contributed by atoms with Crippen LogP contribution in [0.2, 0.25) is 0 Å². The van der Waals surface area contributed by atoms with E-state index in [2.05, 4.69) is 10.4 Å². The molecule has 1 rings (SSSR count). The minimum absolute atomic E-state index is 0.0334. The van der Waals surface area contributed by atoms with E-state index in [0.29, 0.717) is 6.42 Å². The van der Waals surface area contributed by atoms with Crippen LogP contribution in [0.5, 0.6) is 0 Å². The highest BCUT2D eigenvalue weighted by Gasteiger charge is 2.35. The molecule has 1 aromatic rings. The molecule has 2 N–H and O–H groups in total. The second-order valence-corrected chi connectivity index (χ2v) is 5.43. The van der Waals surface area contributed by atoms with Gasteiger partial charge in [-0.2, -0.15) is 5.10 Å². The standard InChI is InChI=1S/C13H23N3O2/c1-9(2)14-13(5,12(17)18)8-11(4)16-7-6-10(3)15-16/h6-7,9,11,14H,8H2,1-5H3,(H,17,18). The number of aryl methyl sites for hydroxylation is 1. The number of carboxylic acids is 1. The van der Waals surface area contributed by atoms with Crippen molar-refractivity contribution in [2.75, 3.05) is 0 Å². The lowest BCUT2D eigenvalue weighted by Gasteiger charge is -2.31. The van der Waals surface area contributed by atoms with Gasteiger partial charge in [-0.25, -0.2) is 0 Å². The molecule has 0 aromatic carbocycles. The highest BCUT2D eigenvalue weighted by atomic mass is 16.4. The number of carbonyl (C=O) groups is 1. The fourth-order valence-corrected chi connectivity index (χ4v) is 2.21. The highest BCUT2D eigenvalue weighted by Crippen LogP contribution is 2.21. The summed E-state index contributed by atoms with van der Waals surface area (Å²) in [7, 11) is 0. The summed E-state index contributed by atoms with van der Waals surface area (Å²) in [4.78, 5) is 11.4. The molecule has 5 heteroatoms. The molecule has 5 nitrogen and oxygen atoms in total. The Bertz CT molecular complexity index is 414. The second-order valence-electron chi connectivity index (χ2n) is 5.43. The van der Waals surface area contributed by atoms with Crippen LogP contribution < -0.4 is 5.32 Å². The molecule has 1 aromatic heterocycles. The number of aliphatic carboxylic acids is 1. The lowest BCUT2D eigenvalue weighted by atomic mass is 9.93. The van der Waals surface area contributed by atoms with Gasteiger partial charge in [0.15, 0.2) is 0 Å². The van der Waals surface area contributed by atoms with Crippen LogP contribution >= 0.6 is 0 Å². The molecule has 0 saturated heterocycles. The van der Waals surface area contributed by atoms with Gasteiger partial charge in [0.1, 0.15) is 5.54 Å². The van der Waals surface area contributed by atoms with E-state index in [4.69, 9.17) is 0 Å². The van der Waals surface area contributed by atoms with Gasteiger partial charge in [0, 0.05) is 12.2 Å². The lowest BCUT2D eigenvalue weighted by Crippen LogP contribution is -2.53. The molecular weight excluding hydrogens is 230 g/mol. The minimum atomic E-state index is -0.937. The van der Waals surface area contributed by atoms with Crippen LogP contribution in [0.1, 0.15) is 45.9 Å². The van der Waals surface area contributed by atoms with Gasteiger partial charge in [-0.15, -0.1) is 0 Å². The van der Waals surface area contributed by atoms with Gasteiger partial charge in [-0.3, -0.25) is 14.8 Å². The summed E-state index contributed by atoms with van der Waals surface area (Å²) >= 11 is 0. The molecule has 102 valence electrons. The third kappa shape index (κ3) is 3.57. The molecule has 0 fully saturated rings. The third-order valence-corrected chi connectivity index (χ3v) is 2.98. The van der Waals surface area contributed by atoms with E-state index in [-0.39, 0.29) is 12.1 Å². The van der Waals surface area contributed by atoms with Gasteiger partial charge in [0.2, 0.25) is 0 Å². The van der Waals surface area contributed by atoms with Gasteiger partial charge < -0.3 is 5.11 Å². The molecule has 0 spiro atoms. The average Bonchev–Trinajstić information content (AvgIpc) is 2.63. The van der Waals surface area contributed by atoms with Crippen molar-refractivity contribution in [3.8, 4) is 0 Å². The molecule has 1 heterocycles. The van der Waals surface area contributed by atoms with E-state index in [1.807, 2.05) is 44.6 Å². The molecule has 2 atom stereocenters. The van der Waals surface area contributed by atoms with E-state index in [1.165, 1.54) is 0 Å². The largest absolute Gasteiger partial charge is 0.480 e. The SMILES string of the molecule is Cc1ccn(C(C)CC(C)(NC(C)C)C(=O)O)n1. The normalized spacial score (nSPS) is 16.6. The molecule has 18 heavy (non-hydrogen) atoms. The lowest BCUT2D eigenvalue weighted by molar-refractivity contribution is -0.145. The molecule has 0 saturated carbocycles. The molecule has 0 radical (unpaired) electrons. The van der Waals surface area contributed by atoms with Gasteiger partial charge in [0.25, 0.3) is 0 Å². The Morgan fingerprint density at radius 2 is 2.17 bits per heavy atom. The molecule has 0 bridgehead atoms. The Balaban J connectivity index is 2.81. The maximum absolute atomic E-state index is 11.4. The van der Waals surface area contributed by atoms with E-state index in [1.54, 1.807) is 6.92 Å². The third-order valence-electron chi connectivity index (χ3n) is 2.98. The summed E-state index contributed by atoms with van der Waals surface area (Å²) in [6.45, 7) is 9.53. The number of carboxylic acid groups (broad SMARTS) is 1. The second kappa shape index (κ2) is 5.52. The van der Waals surface area contributed by atoms with Gasteiger partial charge in [-0.05, 0) is 47.1 Å². The zero-order chi connectivity index (χ0) is 13.9. The fourth-order valence-electron chi connectivity index (χ4n) is 2.21. The summed E-state index contributed by atoms with van der Waals surface area (Å²) in [5, 5.41) is 16.8. The highest BCUT2D eigenvalue weighted by molar-refractivity contribution is 5.78. The maximum Gasteiger partial charge on any atom is 0.323 e. The quantitative estimate of drug-likeness (QED) is 0.813. The number of nitrogens with zero attached hydrogens (tertiary/aromatic N) is 2. The van der Waals surface area contributed by atoms with Crippen molar-refractivity contribution in [2.24, 2.45) is 0 Å². The van der Waals surface area contributed by atoms with Crippen molar-refractivity contribution in [1.82, 2.24) is 15.1 Å². The van der Waals surface area contributed by atoms with Crippen molar-refractivity contribution in [1.29, 1.82) is 0 Å². The Labute approximate surface area is 108 Å². The first-order valence-corrected chi connectivity index (χ1v) is 6.27. The summed E-state index contributed by atoms with van der Waals surface area (Å²) in [5.41, 5.74) is 0.00339. The van der Waals surface area contributed by atoms with Gasteiger partial charge in [0.05, 0.1) is 11.7 Å². The van der Waals surface area contributed by atoms with Crippen molar-refractivity contribution < 1.29 is 9.90 Å². The van der Waals surface area contributed by atoms with Gasteiger partial charge in [-0.1, -0.05) is 0 Å². The summed E-state index contributed by atoms with van der Waals surface area (Å²) in [5.74, 6) is -0.827. The topological polar surface area (TPSA) is 67.2 Å². The first-order chi connectivity index (χ1) is 8.24. The molecule has 2 unspecified atom stereocenters. The minimum Gasteiger partial charge on any atom is -0.480 e. The average molecular weight is 253 g/mol. The van der Waals surface area contributed by atoms with Crippen LogP contribution in [0.4, 0.5) is 0 Å². The smallest absolute Gasteiger partial charge is 0.323 e. The predicted molar refractivity (Wildman–Crippen MR) is 70.6 cm³/mol. The van der Waals surface area contributed by atoms with Crippen molar-refractivity contribution in [3.05, 3.63) is 18.0 Å². The van der Waals surface area contributed by atoms with E-state index in [0.717, 1.165) is 5.69 Å². The Morgan fingerprint density at radius 3 is 2.56 bits per heavy atom. The molecular formula is C13H23N3O2. The summed E-state index contributed by atoms with van der Waals surface area (Å²) in [6.07, 6.45) is 2.37. The predicted octanol–water partition coefficient (Wildman–Crippen LogP) is 1.98. The molecule has 0 aliphatic rings. The summed E-state index contributed by atoms with van der Waals surface area (Å²) < 4.78 is 1.82. The maximum atomic E-state index is 11.4. The Kier molecular flexibility index (Phi) is 4.51. The molecule has 0 amide bonds. The molecule has 0 aliphatic carbocycles. The number of hydrogen-bond donors (Lipinski definition) is 2. The zero-order valence-corrected chi connectivity index (χ0v) is 11.8. The van der Waals surface area contributed by atoms with Crippen LogP contribution in [0.15, 0.2) is 12.3 Å².